The molecule has 1 aromatic heterocycles. The Morgan fingerprint density at radius 2 is 1.74 bits per heavy atom. The molecule has 1 aromatic carbocycles. The predicted octanol–water partition coefficient (Wildman–Crippen LogP) is 4.50. The molecular formula is C16H21NOS. The molecule has 2 nitrogen and oxygen atoms in total. The first-order valence-electron chi connectivity index (χ1n) is 6.60. The van der Waals surface area contributed by atoms with Crippen molar-refractivity contribution < 1.29 is 4.42 Å². The summed E-state index contributed by atoms with van der Waals surface area (Å²) < 4.78 is 5.28. The first-order valence-corrected chi connectivity index (χ1v) is 7.59. The molecule has 1 atom stereocenters. The highest BCUT2D eigenvalue weighted by molar-refractivity contribution is 7.99. The van der Waals surface area contributed by atoms with Crippen LogP contribution in [0.4, 0.5) is 0 Å². The lowest BCUT2D eigenvalue weighted by atomic mass is 10.00. The van der Waals surface area contributed by atoms with E-state index in [1.165, 1.54) is 16.0 Å². The van der Waals surface area contributed by atoms with Crippen molar-refractivity contribution in [1.29, 1.82) is 0 Å². The van der Waals surface area contributed by atoms with E-state index in [1.807, 2.05) is 13.0 Å². The minimum Gasteiger partial charge on any atom is -0.468 e. The number of hydrogen-bond donors (Lipinski definition) is 1. The second kappa shape index (κ2) is 6.31. The topological polar surface area (TPSA) is 39.2 Å². The highest BCUT2D eigenvalue weighted by Gasteiger charge is 2.09. The standard InChI is InChI=1S/C16H21NOS/c1-11(2)13-4-6-14(7-5-13)15(17)10-19-16-8-9-18-12(16)3/h4-9,11,15H,10,17H2,1-3H3. The summed E-state index contributed by atoms with van der Waals surface area (Å²) in [7, 11) is 0. The molecule has 0 radical (unpaired) electrons. The second-order valence-electron chi connectivity index (χ2n) is 5.08. The number of benzene rings is 1. The van der Waals surface area contributed by atoms with Gasteiger partial charge in [0.05, 0.1) is 6.26 Å². The molecule has 0 bridgehead atoms. The normalized spacial score (nSPS) is 12.9. The van der Waals surface area contributed by atoms with Crippen LogP contribution in [0.1, 0.15) is 42.7 Å². The summed E-state index contributed by atoms with van der Waals surface area (Å²) in [4.78, 5) is 1.18. The third kappa shape index (κ3) is 3.64. The number of nitrogens with two attached hydrogens (primary N) is 1. The maximum Gasteiger partial charge on any atom is 0.114 e. The van der Waals surface area contributed by atoms with E-state index in [4.69, 9.17) is 10.2 Å². The van der Waals surface area contributed by atoms with Gasteiger partial charge in [0.2, 0.25) is 0 Å². The van der Waals surface area contributed by atoms with Crippen LogP contribution >= 0.6 is 11.8 Å². The average Bonchev–Trinajstić information content (AvgIpc) is 2.81. The van der Waals surface area contributed by atoms with Crippen molar-refractivity contribution in [2.75, 3.05) is 5.75 Å². The van der Waals surface area contributed by atoms with Crippen molar-refractivity contribution in [2.45, 2.75) is 37.6 Å². The molecule has 0 fully saturated rings. The molecule has 3 heteroatoms. The summed E-state index contributed by atoms with van der Waals surface area (Å²) in [6, 6.07) is 10.7. The quantitative estimate of drug-likeness (QED) is 0.816. The van der Waals surface area contributed by atoms with Gasteiger partial charge in [-0.2, -0.15) is 0 Å². The van der Waals surface area contributed by atoms with Crippen molar-refractivity contribution in [2.24, 2.45) is 5.73 Å². The molecule has 0 aliphatic heterocycles. The predicted molar refractivity (Wildman–Crippen MR) is 81.6 cm³/mol. The van der Waals surface area contributed by atoms with Crippen LogP contribution in [-0.4, -0.2) is 5.75 Å². The molecule has 0 aliphatic rings. The molecule has 0 spiro atoms. The lowest BCUT2D eigenvalue weighted by Crippen LogP contribution is -2.13. The van der Waals surface area contributed by atoms with Gasteiger partial charge in [0, 0.05) is 16.7 Å². The summed E-state index contributed by atoms with van der Waals surface area (Å²) in [5, 5.41) is 0. The summed E-state index contributed by atoms with van der Waals surface area (Å²) in [6.45, 7) is 6.38. The lowest BCUT2D eigenvalue weighted by Gasteiger charge is -2.13. The maximum atomic E-state index is 6.24. The van der Waals surface area contributed by atoms with Crippen LogP contribution in [0.25, 0.3) is 0 Å². The summed E-state index contributed by atoms with van der Waals surface area (Å²) >= 11 is 1.75. The zero-order valence-corrected chi connectivity index (χ0v) is 12.5. The van der Waals surface area contributed by atoms with E-state index in [1.54, 1.807) is 18.0 Å². The fourth-order valence-electron chi connectivity index (χ4n) is 1.93. The van der Waals surface area contributed by atoms with Gasteiger partial charge in [-0.05, 0) is 30.0 Å². The van der Waals surface area contributed by atoms with E-state index in [9.17, 15) is 0 Å². The number of thioether (sulfide) groups is 1. The summed E-state index contributed by atoms with van der Waals surface area (Å²) in [5.74, 6) is 2.39. The molecule has 1 unspecified atom stereocenters. The van der Waals surface area contributed by atoms with Crippen molar-refractivity contribution >= 4 is 11.8 Å². The lowest BCUT2D eigenvalue weighted by molar-refractivity contribution is 0.527. The molecule has 2 N–H and O–H groups in total. The molecular weight excluding hydrogens is 254 g/mol. The van der Waals surface area contributed by atoms with Crippen molar-refractivity contribution in [1.82, 2.24) is 0 Å². The highest BCUT2D eigenvalue weighted by Crippen LogP contribution is 2.27. The fraction of sp³-hybridized carbons (Fsp3) is 0.375. The van der Waals surface area contributed by atoms with Crippen LogP contribution in [0.2, 0.25) is 0 Å². The van der Waals surface area contributed by atoms with Gasteiger partial charge in [-0.25, -0.2) is 0 Å². The SMILES string of the molecule is Cc1occc1SCC(N)c1ccc(C(C)C)cc1. The molecule has 2 aromatic rings. The first-order chi connectivity index (χ1) is 9.08. The Hall–Kier alpha value is -1.19. The monoisotopic (exact) mass is 275 g/mol. The van der Waals surface area contributed by atoms with Crippen LogP contribution < -0.4 is 5.73 Å². The zero-order chi connectivity index (χ0) is 13.8. The Bertz CT molecular complexity index is 516. The number of hydrogen-bond acceptors (Lipinski definition) is 3. The Balaban J connectivity index is 1.96. The van der Waals surface area contributed by atoms with E-state index in [0.717, 1.165) is 11.5 Å². The van der Waals surface area contributed by atoms with Crippen molar-refractivity contribution in [3.63, 3.8) is 0 Å². The Morgan fingerprint density at radius 1 is 1.11 bits per heavy atom. The Labute approximate surface area is 119 Å². The van der Waals surface area contributed by atoms with Crippen LogP contribution in [-0.2, 0) is 0 Å². The molecule has 1 heterocycles. The van der Waals surface area contributed by atoms with Crippen molar-refractivity contribution in [3.8, 4) is 0 Å². The molecule has 2 rings (SSSR count). The van der Waals surface area contributed by atoms with Gasteiger partial charge in [0.15, 0.2) is 0 Å². The van der Waals surface area contributed by atoms with Gasteiger partial charge in [-0.15, -0.1) is 11.8 Å². The van der Waals surface area contributed by atoms with Gasteiger partial charge < -0.3 is 10.2 Å². The third-order valence-electron chi connectivity index (χ3n) is 3.26. The van der Waals surface area contributed by atoms with Crippen LogP contribution in [0.15, 0.2) is 45.9 Å². The van der Waals surface area contributed by atoms with Gasteiger partial charge in [-0.1, -0.05) is 38.1 Å². The Kier molecular flexibility index (Phi) is 4.72. The number of rotatable bonds is 5. The van der Waals surface area contributed by atoms with Gasteiger partial charge >= 0.3 is 0 Å². The molecule has 0 saturated heterocycles. The van der Waals surface area contributed by atoms with E-state index in [0.29, 0.717) is 5.92 Å². The number of furan rings is 1. The van der Waals surface area contributed by atoms with Gasteiger partial charge in [0.25, 0.3) is 0 Å². The minimum atomic E-state index is 0.0560. The summed E-state index contributed by atoms with van der Waals surface area (Å²) in [6.07, 6.45) is 1.72. The fourth-order valence-corrected chi connectivity index (χ4v) is 2.88. The third-order valence-corrected chi connectivity index (χ3v) is 4.52. The smallest absolute Gasteiger partial charge is 0.114 e. The van der Waals surface area contributed by atoms with Crippen LogP contribution in [0.5, 0.6) is 0 Å². The van der Waals surface area contributed by atoms with Gasteiger partial charge in [0.1, 0.15) is 5.76 Å². The van der Waals surface area contributed by atoms with E-state index in [2.05, 4.69) is 38.1 Å². The molecule has 0 saturated carbocycles. The second-order valence-corrected chi connectivity index (χ2v) is 6.14. The number of aryl methyl sites for hydroxylation is 1. The van der Waals surface area contributed by atoms with Crippen LogP contribution in [0.3, 0.4) is 0 Å². The van der Waals surface area contributed by atoms with Crippen molar-refractivity contribution in [3.05, 3.63) is 53.5 Å². The van der Waals surface area contributed by atoms with E-state index >= 15 is 0 Å². The van der Waals surface area contributed by atoms with E-state index in [-0.39, 0.29) is 6.04 Å². The minimum absolute atomic E-state index is 0.0560. The molecule has 19 heavy (non-hydrogen) atoms. The van der Waals surface area contributed by atoms with E-state index < -0.39 is 0 Å². The van der Waals surface area contributed by atoms with Gasteiger partial charge in [-0.3, -0.25) is 0 Å². The highest BCUT2D eigenvalue weighted by atomic mass is 32.2. The maximum absolute atomic E-state index is 6.24. The average molecular weight is 275 g/mol. The molecule has 102 valence electrons. The Morgan fingerprint density at radius 3 is 2.26 bits per heavy atom. The zero-order valence-electron chi connectivity index (χ0n) is 11.7. The first kappa shape index (κ1) is 14.2. The van der Waals surface area contributed by atoms with Crippen LogP contribution in [0, 0.1) is 6.92 Å². The summed E-state index contributed by atoms with van der Waals surface area (Å²) in [5.41, 5.74) is 8.78. The molecule has 0 aliphatic carbocycles. The molecule has 0 amide bonds. The largest absolute Gasteiger partial charge is 0.468 e.